The molecule has 0 bridgehead atoms. The highest BCUT2D eigenvalue weighted by atomic mass is 35.5. The van der Waals surface area contributed by atoms with Gasteiger partial charge in [0.25, 0.3) is 0 Å². The number of thiazole rings is 1. The fourth-order valence-electron chi connectivity index (χ4n) is 5.54. The molecular weight excluding hydrogens is 715 g/mol. The second kappa shape index (κ2) is 12.0. The van der Waals surface area contributed by atoms with Crippen LogP contribution < -0.4 is 15.1 Å². The Morgan fingerprint density at radius 1 is 0.851 bits per heavy atom. The number of nitrogens with zero attached hydrogens (tertiary/aromatic N) is 2. The molecule has 7 nitrogen and oxygen atoms in total. The number of hydrogen-bond donors (Lipinski definition) is 1. The van der Waals surface area contributed by atoms with E-state index in [0.717, 1.165) is 46.7 Å². The summed E-state index contributed by atoms with van der Waals surface area (Å²) in [6, 6.07) is 12.2. The first-order chi connectivity index (χ1) is 22.1. The molecule has 244 valence electrons. The van der Waals surface area contributed by atoms with Gasteiger partial charge in [-0.25, -0.2) is 4.90 Å². The van der Waals surface area contributed by atoms with Crippen LogP contribution in [0.2, 0.25) is 10.0 Å². The molecule has 0 radical (unpaired) electrons. The first-order valence-corrected chi connectivity index (χ1v) is 15.9. The van der Waals surface area contributed by atoms with Crippen LogP contribution >= 0.6 is 46.3 Å². The van der Waals surface area contributed by atoms with Gasteiger partial charge in [-0.15, -0.1) is 0 Å². The lowest BCUT2D eigenvalue weighted by molar-refractivity contribution is -0.138. The molecule has 3 heterocycles. The van der Waals surface area contributed by atoms with Gasteiger partial charge in [0.2, 0.25) is 17.7 Å². The van der Waals surface area contributed by atoms with E-state index in [9.17, 15) is 45.5 Å². The zero-order chi connectivity index (χ0) is 34.0. The molecule has 1 N–H and O–H groups in total. The molecule has 2 unspecified atom stereocenters. The standard InChI is InChI=1S/C30H17Cl2F6N3O4S2/c31-18-9-3-8-17(22(18)32)20-21-23(26(44)41(25(21)43)16-7-2-5-14(11-16)30(36,37)38)46-27-24(20)47-28(45)40(27)12-19(42)39-15-6-1-4-13(10-15)29(33,34)35/h1-11,20-21,23H,12H2,(H,39,42)/t20-,21?,23?/m1/s1. The molecule has 1 fully saturated rings. The molecule has 1 aromatic heterocycles. The summed E-state index contributed by atoms with van der Waals surface area (Å²) in [7, 11) is 0. The molecule has 0 aliphatic carbocycles. The third kappa shape index (κ3) is 6.05. The molecule has 0 spiro atoms. The van der Waals surface area contributed by atoms with Crippen LogP contribution in [0.15, 0.2) is 76.6 Å². The molecule has 3 atom stereocenters. The van der Waals surface area contributed by atoms with E-state index in [0.29, 0.717) is 22.3 Å². The Hall–Kier alpha value is -3.79. The minimum atomic E-state index is -4.75. The maximum atomic E-state index is 14.0. The topological polar surface area (TPSA) is 88.5 Å². The number of nitrogens with one attached hydrogen (secondary N) is 1. The second-order valence-electron chi connectivity index (χ2n) is 10.5. The number of aromatic nitrogens is 1. The number of carbonyl (C=O) groups is 3. The number of anilines is 2. The number of halogens is 8. The van der Waals surface area contributed by atoms with Crippen LogP contribution in [0.5, 0.6) is 0 Å². The van der Waals surface area contributed by atoms with Crippen molar-refractivity contribution < 1.29 is 40.7 Å². The van der Waals surface area contributed by atoms with Gasteiger partial charge in [-0.2, -0.15) is 26.3 Å². The largest absolute Gasteiger partial charge is 0.416 e. The van der Waals surface area contributed by atoms with Crippen molar-refractivity contribution in [2.45, 2.75) is 35.1 Å². The Balaban J connectivity index is 1.41. The van der Waals surface area contributed by atoms with Crippen molar-refractivity contribution in [3.8, 4) is 0 Å². The first-order valence-electron chi connectivity index (χ1n) is 13.4. The lowest BCUT2D eigenvalue weighted by Gasteiger charge is -2.31. The van der Waals surface area contributed by atoms with Crippen LogP contribution in [-0.2, 0) is 33.3 Å². The minimum absolute atomic E-state index is 0.0169. The van der Waals surface area contributed by atoms with Gasteiger partial charge in [0.05, 0.1) is 37.8 Å². The van der Waals surface area contributed by atoms with Crippen LogP contribution in [0.25, 0.3) is 0 Å². The van der Waals surface area contributed by atoms with Crippen molar-refractivity contribution >= 4 is 75.4 Å². The Morgan fingerprint density at radius 2 is 1.49 bits per heavy atom. The summed E-state index contributed by atoms with van der Waals surface area (Å²) in [5.74, 6) is -4.83. The zero-order valence-electron chi connectivity index (χ0n) is 23.2. The van der Waals surface area contributed by atoms with Crippen LogP contribution in [0.3, 0.4) is 0 Å². The van der Waals surface area contributed by atoms with Crippen molar-refractivity contribution in [2.75, 3.05) is 10.2 Å². The number of fused-ring (bicyclic) bond motifs is 2. The molecule has 2 aliphatic rings. The van der Waals surface area contributed by atoms with Crippen LogP contribution in [0.4, 0.5) is 37.7 Å². The number of benzene rings is 3. The number of alkyl halides is 6. The van der Waals surface area contributed by atoms with E-state index in [1.807, 2.05) is 0 Å². The number of imide groups is 1. The fourth-order valence-corrected chi connectivity index (χ4v) is 8.73. The number of hydrogen-bond acceptors (Lipinski definition) is 6. The van der Waals surface area contributed by atoms with Gasteiger partial charge in [-0.1, -0.05) is 70.6 Å². The van der Waals surface area contributed by atoms with Crippen LogP contribution in [0, 0.1) is 5.92 Å². The van der Waals surface area contributed by atoms with E-state index in [2.05, 4.69) is 5.32 Å². The van der Waals surface area contributed by atoms with Gasteiger partial charge in [-0.05, 0) is 48.0 Å². The molecular formula is C30H17Cl2F6N3O4S2. The highest BCUT2D eigenvalue weighted by Gasteiger charge is 2.57. The van der Waals surface area contributed by atoms with Gasteiger partial charge in [0.1, 0.15) is 11.8 Å². The summed E-state index contributed by atoms with van der Waals surface area (Å²) >= 11 is 14.3. The van der Waals surface area contributed by atoms with Crippen molar-refractivity contribution in [1.82, 2.24) is 4.57 Å². The molecule has 17 heteroatoms. The highest BCUT2D eigenvalue weighted by molar-refractivity contribution is 8.00. The van der Waals surface area contributed by atoms with Crippen LogP contribution in [-0.4, -0.2) is 27.5 Å². The summed E-state index contributed by atoms with van der Waals surface area (Å²) in [4.78, 5) is 54.4. The van der Waals surface area contributed by atoms with E-state index in [1.165, 1.54) is 30.3 Å². The summed E-state index contributed by atoms with van der Waals surface area (Å²) in [6.07, 6.45) is -9.42. The fraction of sp³-hybridized carbons (Fsp3) is 0.200. The smallest absolute Gasteiger partial charge is 0.325 e. The van der Waals surface area contributed by atoms with Crippen molar-refractivity contribution in [3.05, 3.63) is 108 Å². The maximum absolute atomic E-state index is 14.0. The summed E-state index contributed by atoms with van der Waals surface area (Å²) in [6.45, 7) is -0.666. The summed E-state index contributed by atoms with van der Waals surface area (Å²) in [5, 5.41) is 1.31. The predicted octanol–water partition coefficient (Wildman–Crippen LogP) is 7.69. The number of thioether (sulfide) groups is 1. The average molecular weight is 733 g/mol. The predicted molar refractivity (Wildman–Crippen MR) is 164 cm³/mol. The normalized spacial score (nSPS) is 19.5. The Morgan fingerprint density at radius 3 is 2.17 bits per heavy atom. The van der Waals surface area contributed by atoms with Gasteiger partial charge in [0.15, 0.2) is 0 Å². The van der Waals surface area contributed by atoms with Gasteiger partial charge in [0, 0.05) is 16.5 Å². The van der Waals surface area contributed by atoms with Gasteiger partial charge >= 0.3 is 17.2 Å². The molecule has 3 amide bonds. The highest BCUT2D eigenvalue weighted by Crippen LogP contribution is 2.55. The molecule has 3 aromatic carbocycles. The molecule has 6 rings (SSSR count). The van der Waals surface area contributed by atoms with Gasteiger partial charge < -0.3 is 5.32 Å². The maximum Gasteiger partial charge on any atom is 0.416 e. The Bertz CT molecular complexity index is 2010. The quantitative estimate of drug-likeness (QED) is 0.168. The monoisotopic (exact) mass is 731 g/mol. The van der Waals surface area contributed by atoms with E-state index >= 15 is 0 Å². The number of carbonyl (C=O) groups excluding carboxylic acids is 3. The second-order valence-corrected chi connectivity index (χ2v) is 13.4. The first kappa shape index (κ1) is 33.1. The Kier molecular flexibility index (Phi) is 8.47. The summed E-state index contributed by atoms with van der Waals surface area (Å²) in [5.41, 5.74) is -2.29. The summed E-state index contributed by atoms with van der Waals surface area (Å²) < 4.78 is 81.1. The number of amides is 3. The third-order valence-electron chi connectivity index (χ3n) is 7.57. The minimum Gasteiger partial charge on any atom is -0.325 e. The lowest BCUT2D eigenvalue weighted by atomic mass is 9.83. The number of rotatable bonds is 5. The molecule has 2 aliphatic heterocycles. The zero-order valence-corrected chi connectivity index (χ0v) is 26.3. The van der Waals surface area contributed by atoms with Gasteiger partial charge in [-0.3, -0.25) is 23.7 Å². The van der Waals surface area contributed by atoms with Crippen molar-refractivity contribution in [2.24, 2.45) is 5.92 Å². The lowest BCUT2D eigenvalue weighted by Crippen LogP contribution is -2.33. The van der Waals surface area contributed by atoms with E-state index in [-0.39, 0.29) is 36.9 Å². The molecule has 47 heavy (non-hydrogen) atoms. The van der Waals surface area contributed by atoms with E-state index in [1.54, 1.807) is 0 Å². The van der Waals surface area contributed by atoms with Crippen molar-refractivity contribution in [1.29, 1.82) is 0 Å². The SMILES string of the molecule is O=C(Cn1c2c(sc1=O)[C@H](c1cccc(Cl)c1Cl)C1C(=O)N(c3cccc(C(F)(F)F)c3)C(=O)C1S2)Nc1cccc(C(F)(F)F)c1. The molecule has 4 aromatic rings. The third-order valence-corrected chi connectivity index (χ3v) is 11.0. The Labute approximate surface area is 279 Å². The molecule has 1 saturated heterocycles. The van der Waals surface area contributed by atoms with E-state index in [4.69, 9.17) is 23.2 Å². The average Bonchev–Trinajstić information content (AvgIpc) is 3.44. The van der Waals surface area contributed by atoms with E-state index < -0.39 is 69.7 Å². The van der Waals surface area contributed by atoms with Crippen molar-refractivity contribution in [3.63, 3.8) is 0 Å². The molecule has 0 saturated carbocycles. The van der Waals surface area contributed by atoms with Crippen LogP contribution in [0.1, 0.15) is 27.5 Å².